The third-order valence-corrected chi connectivity index (χ3v) is 4.20. The SMILES string of the molecule is CCOc1ccccc1CCCNC(=O)[C@@H](C)Oc1ccc(C)cc1C. The van der Waals surface area contributed by atoms with Gasteiger partial charge < -0.3 is 14.8 Å². The van der Waals surface area contributed by atoms with Gasteiger partial charge in [-0.1, -0.05) is 35.9 Å². The molecule has 0 unspecified atom stereocenters. The Kier molecular flexibility index (Phi) is 7.52. The average molecular weight is 355 g/mol. The fraction of sp³-hybridized carbons (Fsp3) is 0.409. The highest BCUT2D eigenvalue weighted by atomic mass is 16.5. The van der Waals surface area contributed by atoms with Gasteiger partial charge in [0.1, 0.15) is 11.5 Å². The van der Waals surface area contributed by atoms with Crippen molar-refractivity contribution in [2.24, 2.45) is 0 Å². The van der Waals surface area contributed by atoms with Crippen LogP contribution < -0.4 is 14.8 Å². The number of hydrogen-bond acceptors (Lipinski definition) is 3. The second kappa shape index (κ2) is 9.85. The second-order valence-corrected chi connectivity index (χ2v) is 6.46. The van der Waals surface area contributed by atoms with E-state index < -0.39 is 6.10 Å². The number of hydrogen-bond donors (Lipinski definition) is 1. The van der Waals surface area contributed by atoms with E-state index in [1.807, 2.05) is 51.1 Å². The number of amides is 1. The van der Waals surface area contributed by atoms with E-state index in [-0.39, 0.29) is 5.91 Å². The third kappa shape index (κ3) is 5.80. The van der Waals surface area contributed by atoms with Gasteiger partial charge in [0.2, 0.25) is 0 Å². The Bertz CT molecular complexity index is 727. The Morgan fingerprint density at radius 3 is 2.62 bits per heavy atom. The molecule has 0 aromatic heterocycles. The first kappa shape index (κ1) is 19.8. The smallest absolute Gasteiger partial charge is 0.260 e. The Balaban J connectivity index is 1.78. The molecule has 140 valence electrons. The normalized spacial score (nSPS) is 11.7. The molecule has 1 atom stereocenters. The summed E-state index contributed by atoms with van der Waals surface area (Å²) in [5, 5.41) is 2.95. The number of aryl methyl sites for hydroxylation is 3. The van der Waals surface area contributed by atoms with Crippen LogP contribution in [0.25, 0.3) is 0 Å². The lowest BCUT2D eigenvalue weighted by Gasteiger charge is -2.16. The molecule has 0 saturated heterocycles. The third-order valence-electron chi connectivity index (χ3n) is 4.20. The fourth-order valence-electron chi connectivity index (χ4n) is 2.82. The lowest BCUT2D eigenvalue weighted by Crippen LogP contribution is -2.37. The minimum absolute atomic E-state index is 0.0944. The maximum atomic E-state index is 12.2. The quantitative estimate of drug-likeness (QED) is 0.685. The largest absolute Gasteiger partial charge is 0.494 e. The first-order valence-corrected chi connectivity index (χ1v) is 9.23. The van der Waals surface area contributed by atoms with E-state index in [0.717, 1.165) is 29.9 Å². The Hall–Kier alpha value is -2.49. The van der Waals surface area contributed by atoms with Crippen LogP contribution in [0.2, 0.25) is 0 Å². The topological polar surface area (TPSA) is 47.6 Å². The molecular formula is C22H29NO3. The van der Waals surface area contributed by atoms with Crippen molar-refractivity contribution >= 4 is 5.91 Å². The van der Waals surface area contributed by atoms with Crippen LogP contribution in [0.5, 0.6) is 11.5 Å². The predicted molar refractivity (Wildman–Crippen MR) is 105 cm³/mol. The molecule has 2 aromatic carbocycles. The molecule has 0 aliphatic heterocycles. The zero-order valence-electron chi connectivity index (χ0n) is 16.2. The number of carbonyl (C=O) groups excluding carboxylic acids is 1. The number of ether oxygens (including phenoxy) is 2. The van der Waals surface area contributed by atoms with Crippen molar-refractivity contribution in [3.63, 3.8) is 0 Å². The molecular weight excluding hydrogens is 326 g/mol. The van der Waals surface area contributed by atoms with E-state index in [9.17, 15) is 4.79 Å². The van der Waals surface area contributed by atoms with Gasteiger partial charge in [0.15, 0.2) is 6.10 Å². The summed E-state index contributed by atoms with van der Waals surface area (Å²) in [5.74, 6) is 1.58. The molecule has 0 aliphatic rings. The summed E-state index contributed by atoms with van der Waals surface area (Å²) >= 11 is 0. The van der Waals surface area contributed by atoms with Crippen LogP contribution in [0.3, 0.4) is 0 Å². The first-order valence-electron chi connectivity index (χ1n) is 9.23. The molecule has 0 radical (unpaired) electrons. The van der Waals surface area contributed by atoms with Crippen LogP contribution in [-0.4, -0.2) is 25.2 Å². The summed E-state index contributed by atoms with van der Waals surface area (Å²) < 4.78 is 11.4. The Morgan fingerprint density at radius 2 is 1.88 bits per heavy atom. The zero-order chi connectivity index (χ0) is 18.9. The monoisotopic (exact) mass is 355 g/mol. The van der Waals surface area contributed by atoms with Crippen molar-refractivity contribution in [2.75, 3.05) is 13.2 Å². The number of rotatable bonds is 9. The minimum Gasteiger partial charge on any atom is -0.494 e. The summed E-state index contributed by atoms with van der Waals surface area (Å²) in [6.45, 7) is 9.05. The maximum Gasteiger partial charge on any atom is 0.260 e. The van der Waals surface area contributed by atoms with Gasteiger partial charge >= 0.3 is 0 Å². The summed E-state index contributed by atoms with van der Waals surface area (Å²) in [4.78, 5) is 12.2. The van der Waals surface area contributed by atoms with Gasteiger partial charge in [-0.25, -0.2) is 0 Å². The van der Waals surface area contributed by atoms with E-state index in [1.54, 1.807) is 6.92 Å². The van der Waals surface area contributed by atoms with E-state index in [4.69, 9.17) is 9.47 Å². The lowest BCUT2D eigenvalue weighted by atomic mass is 10.1. The van der Waals surface area contributed by atoms with Crippen LogP contribution in [0.15, 0.2) is 42.5 Å². The van der Waals surface area contributed by atoms with Gasteiger partial charge in [0, 0.05) is 6.54 Å². The molecule has 0 spiro atoms. The molecule has 0 aliphatic carbocycles. The predicted octanol–water partition coefficient (Wildman–Crippen LogP) is 4.22. The second-order valence-electron chi connectivity index (χ2n) is 6.46. The lowest BCUT2D eigenvalue weighted by molar-refractivity contribution is -0.127. The van der Waals surface area contributed by atoms with Gasteiger partial charge in [0.25, 0.3) is 5.91 Å². The standard InChI is InChI=1S/C22H29NO3/c1-5-25-21-11-7-6-9-19(21)10-8-14-23-22(24)18(4)26-20-13-12-16(2)15-17(20)3/h6-7,9,11-13,15,18H,5,8,10,14H2,1-4H3,(H,23,24)/t18-/m1/s1. The molecule has 0 heterocycles. The van der Waals surface area contributed by atoms with Crippen LogP contribution in [0.1, 0.15) is 37.0 Å². The van der Waals surface area contributed by atoms with Crippen LogP contribution >= 0.6 is 0 Å². The van der Waals surface area contributed by atoms with Gasteiger partial charge in [-0.2, -0.15) is 0 Å². The van der Waals surface area contributed by atoms with E-state index in [0.29, 0.717) is 13.2 Å². The highest BCUT2D eigenvalue weighted by Gasteiger charge is 2.15. The molecule has 1 amide bonds. The van der Waals surface area contributed by atoms with Crippen molar-refractivity contribution in [3.8, 4) is 11.5 Å². The van der Waals surface area contributed by atoms with Gasteiger partial charge in [-0.05, 0) is 63.8 Å². The Morgan fingerprint density at radius 1 is 1.12 bits per heavy atom. The summed E-state index contributed by atoms with van der Waals surface area (Å²) in [6, 6.07) is 14.0. The van der Waals surface area contributed by atoms with E-state index >= 15 is 0 Å². The van der Waals surface area contributed by atoms with Crippen molar-refractivity contribution in [1.29, 1.82) is 0 Å². The number of carbonyl (C=O) groups is 1. The number of para-hydroxylation sites is 1. The summed E-state index contributed by atoms with van der Waals surface area (Å²) in [7, 11) is 0. The van der Waals surface area contributed by atoms with Crippen molar-refractivity contribution in [1.82, 2.24) is 5.32 Å². The average Bonchev–Trinajstić information content (AvgIpc) is 2.62. The van der Waals surface area contributed by atoms with Crippen molar-refractivity contribution in [3.05, 3.63) is 59.2 Å². The van der Waals surface area contributed by atoms with Crippen LogP contribution in [0, 0.1) is 13.8 Å². The molecule has 2 aromatic rings. The molecule has 0 bridgehead atoms. The highest BCUT2D eigenvalue weighted by molar-refractivity contribution is 5.80. The molecule has 1 N–H and O–H groups in total. The first-order chi connectivity index (χ1) is 12.5. The number of nitrogens with one attached hydrogen (secondary N) is 1. The fourth-order valence-corrected chi connectivity index (χ4v) is 2.82. The molecule has 26 heavy (non-hydrogen) atoms. The maximum absolute atomic E-state index is 12.2. The van der Waals surface area contributed by atoms with Gasteiger partial charge in [-0.15, -0.1) is 0 Å². The summed E-state index contributed by atoms with van der Waals surface area (Å²) in [6.07, 6.45) is 1.20. The van der Waals surface area contributed by atoms with E-state index in [1.165, 1.54) is 11.1 Å². The van der Waals surface area contributed by atoms with E-state index in [2.05, 4.69) is 17.4 Å². The molecule has 4 nitrogen and oxygen atoms in total. The zero-order valence-corrected chi connectivity index (χ0v) is 16.2. The van der Waals surface area contributed by atoms with Gasteiger partial charge in [0.05, 0.1) is 6.61 Å². The van der Waals surface area contributed by atoms with Crippen molar-refractivity contribution in [2.45, 2.75) is 46.6 Å². The number of benzene rings is 2. The molecule has 2 rings (SSSR count). The minimum atomic E-state index is -0.521. The molecule has 0 fully saturated rings. The summed E-state index contributed by atoms with van der Waals surface area (Å²) in [5.41, 5.74) is 3.39. The molecule has 4 heteroatoms. The van der Waals surface area contributed by atoms with Crippen molar-refractivity contribution < 1.29 is 14.3 Å². The van der Waals surface area contributed by atoms with Gasteiger partial charge in [-0.3, -0.25) is 4.79 Å². The molecule has 0 saturated carbocycles. The van der Waals surface area contributed by atoms with Crippen LogP contribution in [-0.2, 0) is 11.2 Å². The Labute approximate surface area is 156 Å². The highest BCUT2D eigenvalue weighted by Crippen LogP contribution is 2.20. The van der Waals surface area contributed by atoms with Crippen LogP contribution in [0.4, 0.5) is 0 Å².